The summed E-state index contributed by atoms with van der Waals surface area (Å²) in [5.74, 6) is 0.386. The summed E-state index contributed by atoms with van der Waals surface area (Å²) in [6.07, 6.45) is 2.10. The SMILES string of the molecule is Cl.Cl.N=C(N)c1ccc2oc(CCc3ccc(O[C@H]4CCNC4)cc3C(=O)O)cc2c1. The van der Waals surface area contributed by atoms with E-state index in [2.05, 4.69) is 5.32 Å². The number of ether oxygens (including phenoxy) is 1. The Morgan fingerprint density at radius 2 is 2.00 bits per heavy atom. The number of carboxylic acid groups (broad SMARTS) is 1. The molecule has 0 amide bonds. The van der Waals surface area contributed by atoms with Crippen molar-refractivity contribution in [2.75, 3.05) is 13.1 Å². The van der Waals surface area contributed by atoms with Crippen molar-refractivity contribution >= 4 is 47.6 Å². The summed E-state index contributed by atoms with van der Waals surface area (Å²) < 4.78 is 11.7. The number of hydrogen-bond donors (Lipinski definition) is 4. The average molecular weight is 466 g/mol. The van der Waals surface area contributed by atoms with Crippen molar-refractivity contribution in [1.82, 2.24) is 5.32 Å². The minimum Gasteiger partial charge on any atom is -0.489 e. The summed E-state index contributed by atoms with van der Waals surface area (Å²) in [6.45, 7) is 1.70. The topological polar surface area (TPSA) is 122 Å². The number of benzene rings is 2. The van der Waals surface area contributed by atoms with E-state index in [0.717, 1.165) is 41.8 Å². The Kier molecular flexibility index (Phi) is 8.33. The summed E-state index contributed by atoms with van der Waals surface area (Å²) in [7, 11) is 0. The van der Waals surface area contributed by atoms with Crippen LogP contribution in [0.2, 0.25) is 0 Å². The highest BCUT2D eigenvalue weighted by Crippen LogP contribution is 2.25. The number of aromatic carboxylic acids is 1. The van der Waals surface area contributed by atoms with Crippen LogP contribution in [-0.4, -0.2) is 36.1 Å². The molecule has 0 unspecified atom stereocenters. The zero-order valence-corrected chi connectivity index (χ0v) is 18.4. The van der Waals surface area contributed by atoms with Gasteiger partial charge < -0.3 is 25.3 Å². The molecule has 1 fully saturated rings. The van der Waals surface area contributed by atoms with Gasteiger partial charge in [0, 0.05) is 23.9 Å². The molecule has 0 saturated carbocycles. The second-order valence-electron chi connectivity index (χ2n) is 7.24. The number of carboxylic acids is 1. The molecule has 0 spiro atoms. The van der Waals surface area contributed by atoms with E-state index in [9.17, 15) is 9.90 Å². The van der Waals surface area contributed by atoms with Crippen molar-refractivity contribution in [3.63, 3.8) is 0 Å². The maximum atomic E-state index is 11.7. The third-order valence-corrected chi connectivity index (χ3v) is 5.15. The van der Waals surface area contributed by atoms with Crippen molar-refractivity contribution in [1.29, 1.82) is 5.41 Å². The lowest BCUT2D eigenvalue weighted by Crippen LogP contribution is -2.19. The largest absolute Gasteiger partial charge is 0.489 e. The minimum atomic E-state index is -0.967. The van der Waals surface area contributed by atoms with E-state index >= 15 is 0 Å². The average Bonchev–Trinajstić information content (AvgIpc) is 3.35. The van der Waals surface area contributed by atoms with Gasteiger partial charge >= 0.3 is 5.97 Å². The van der Waals surface area contributed by atoms with Crippen molar-refractivity contribution in [3.8, 4) is 5.75 Å². The Bertz CT molecular complexity index is 1080. The van der Waals surface area contributed by atoms with Gasteiger partial charge in [-0.2, -0.15) is 0 Å². The smallest absolute Gasteiger partial charge is 0.336 e. The second kappa shape index (κ2) is 10.5. The standard InChI is InChI=1S/C22H23N3O4.2ClH/c23-21(24)14-3-6-20-15(9-14)10-16(29-20)4-1-13-2-5-17(11-19(13)22(26)27)28-18-7-8-25-12-18;;/h2-3,5-6,9-11,18,25H,1,4,7-8,12H2,(H3,23,24)(H,26,27);2*1H/t18-;;/m0../s1. The summed E-state index contributed by atoms with van der Waals surface area (Å²) >= 11 is 0. The molecule has 3 aromatic rings. The Labute approximate surface area is 192 Å². The van der Waals surface area contributed by atoms with Gasteiger partial charge in [0.05, 0.1) is 5.56 Å². The third kappa shape index (κ3) is 5.70. The van der Waals surface area contributed by atoms with Crippen LogP contribution in [-0.2, 0) is 12.8 Å². The fraction of sp³-hybridized carbons (Fsp3) is 0.273. The van der Waals surface area contributed by atoms with Crippen molar-refractivity contribution in [3.05, 3.63) is 64.9 Å². The van der Waals surface area contributed by atoms with E-state index in [1.54, 1.807) is 18.2 Å². The monoisotopic (exact) mass is 465 g/mol. The lowest BCUT2D eigenvalue weighted by molar-refractivity contribution is 0.0694. The molecule has 5 N–H and O–H groups in total. The first-order valence-corrected chi connectivity index (χ1v) is 9.60. The summed E-state index contributed by atoms with van der Waals surface area (Å²) in [4.78, 5) is 11.7. The highest BCUT2D eigenvalue weighted by atomic mass is 35.5. The number of halogens is 2. The van der Waals surface area contributed by atoms with Crippen LogP contribution in [0.15, 0.2) is 46.9 Å². The summed E-state index contributed by atoms with van der Waals surface area (Å²) in [5.41, 5.74) is 7.89. The van der Waals surface area contributed by atoms with Crippen LogP contribution in [0.4, 0.5) is 0 Å². The van der Waals surface area contributed by atoms with Crippen LogP contribution < -0.4 is 15.8 Å². The molecule has 166 valence electrons. The number of nitrogens with two attached hydrogens (primary N) is 1. The van der Waals surface area contributed by atoms with Gasteiger partial charge in [0.15, 0.2) is 0 Å². The number of amidine groups is 1. The number of fused-ring (bicyclic) bond motifs is 1. The second-order valence-corrected chi connectivity index (χ2v) is 7.24. The highest BCUT2D eigenvalue weighted by molar-refractivity contribution is 5.98. The summed E-state index contributed by atoms with van der Waals surface area (Å²) in [6, 6.07) is 12.5. The van der Waals surface area contributed by atoms with Crippen LogP contribution in [0.1, 0.15) is 33.7 Å². The van der Waals surface area contributed by atoms with Crippen LogP contribution >= 0.6 is 24.8 Å². The number of hydrogen-bond acceptors (Lipinski definition) is 5. The molecule has 1 aromatic heterocycles. The number of rotatable bonds is 7. The van der Waals surface area contributed by atoms with Gasteiger partial charge in [0.25, 0.3) is 0 Å². The fourth-order valence-electron chi connectivity index (χ4n) is 3.61. The zero-order valence-electron chi connectivity index (χ0n) is 16.7. The molecule has 31 heavy (non-hydrogen) atoms. The first-order valence-electron chi connectivity index (χ1n) is 9.60. The van der Waals surface area contributed by atoms with Gasteiger partial charge in [0.1, 0.15) is 29.0 Å². The molecule has 9 heteroatoms. The van der Waals surface area contributed by atoms with Gasteiger partial charge in [-0.25, -0.2) is 4.79 Å². The third-order valence-electron chi connectivity index (χ3n) is 5.15. The van der Waals surface area contributed by atoms with Crippen LogP contribution in [0, 0.1) is 5.41 Å². The zero-order chi connectivity index (χ0) is 20.4. The van der Waals surface area contributed by atoms with Crippen molar-refractivity contribution in [2.45, 2.75) is 25.4 Å². The van der Waals surface area contributed by atoms with Crippen LogP contribution in [0.5, 0.6) is 5.75 Å². The van der Waals surface area contributed by atoms with Crippen molar-refractivity contribution in [2.24, 2.45) is 5.73 Å². The number of aryl methyl sites for hydroxylation is 2. The molecular formula is C22H25Cl2N3O4. The Balaban J connectivity index is 0.00000171. The molecular weight excluding hydrogens is 441 g/mol. The first kappa shape index (κ1) is 24.5. The van der Waals surface area contributed by atoms with E-state index < -0.39 is 5.97 Å². The molecule has 1 aliphatic rings. The van der Waals surface area contributed by atoms with Gasteiger partial charge in [-0.05, 0) is 61.3 Å². The van der Waals surface area contributed by atoms with Gasteiger partial charge in [-0.15, -0.1) is 24.8 Å². The molecule has 2 aromatic carbocycles. The first-order chi connectivity index (χ1) is 14.0. The fourth-order valence-corrected chi connectivity index (χ4v) is 3.61. The van der Waals surface area contributed by atoms with E-state index in [4.69, 9.17) is 20.3 Å². The molecule has 1 aliphatic heterocycles. The number of nitrogens with one attached hydrogen (secondary N) is 2. The molecule has 1 atom stereocenters. The molecule has 1 saturated heterocycles. The maximum Gasteiger partial charge on any atom is 0.336 e. The Hall–Kier alpha value is -2.74. The maximum absolute atomic E-state index is 11.7. The lowest BCUT2D eigenvalue weighted by atomic mass is 10.0. The number of carbonyl (C=O) groups is 1. The predicted molar refractivity (Wildman–Crippen MR) is 124 cm³/mol. The highest BCUT2D eigenvalue weighted by Gasteiger charge is 2.18. The van der Waals surface area contributed by atoms with Gasteiger partial charge in [-0.3, -0.25) is 5.41 Å². The van der Waals surface area contributed by atoms with Gasteiger partial charge in [-0.1, -0.05) is 6.07 Å². The van der Waals surface area contributed by atoms with E-state index in [1.807, 2.05) is 24.3 Å². The van der Waals surface area contributed by atoms with E-state index in [-0.39, 0.29) is 42.3 Å². The Morgan fingerprint density at radius 3 is 2.68 bits per heavy atom. The van der Waals surface area contributed by atoms with Crippen LogP contribution in [0.3, 0.4) is 0 Å². The number of nitrogen functional groups attached to an aromatic ring is 1. The minimum absolute atomic E-state index is 0. The quantitative estimate of drug-likeness (QED) is 0.311. The molecule has 0 aliphatic carbocycles. The predicted octanol–water partition coefficient (Wildman–Crippen LogP) is 3.78. The number of furan rings is 1. The normalized spacial score (nSPS) is 15.2. The molecule has 4 rings (SSSR count). The summed E-state index contributed by atoms with van der Waals surface area (Å²) in [5, 5.41) is 21.3. The molecule has 7 nitrogen and oxygen atoms in total. The lowest BCUT2D eigenvalue weighted by Gasteiger charge is -2.14. The van der Waals surface area contributed by atoms with Crippen LogP contribution in [0.25, 0.3) is 11.0 Å². The molecule has 2 heterocycles. The van der Waals surface area contributed by atoms with Gasteiger partial charge in [0.2, 0.25) is 0 Å². The van der Waals surface area contributed by atoms with E-state index in [0.29, 0.717) is 24.2 Å². The van der Waals surface area contributed by atoms with E-state index in [1.165, 1.54) is 0 Å². The Morgan fingerprint density at radius 1 is 1.19 bits per heavy atom. The molecule has 0 bridgehead atoms. The van der Waals surface area contributed by atoms with Crippen molar-refractivity contribution < 1.29 is 19.1 Å². The molecule has 0 radical (unpaired) electrons.